The van der Waals surface area contributed by atoms with Crippen LogP contribution in [0.1, 0.15) is 24.0 Å². The lowest BCUT2D eigenvalue weighted by molar-refractivity contribution is 0.669. The van der Waals surface area contributed by atoms with Gasteiger partial charge in [-0.15, -0.1) is 0 Å². The minimum Gasteiger partial charge on any atom is -0.456 e. The Morgan fingerprint density at radius 2 is 1.42 bits per heavy atom. The lowest BCUT2D eigenvalue weighted by atomic mass is 9.91. The zero-order valence-electron chi connectivity index (χ0n) is 13.5. The van der Waals surface area contributed by atoms with Crippen LogP contribution in [0.4, 0.5) is 11.4 Å². The third kappa shape index (κ3) is 2.26. The maximum Gasteiger partial charge on any atom is 0.137 e. The molecule has 0 atom stereocenters. The van der Waals surface area contributed by atoms with Gasteiger partial charge in [0, 0.05) is 28.2 Å². The molecule has 0 radical (unpaired) electrons. The molecule has 0 fully saturated rings. The van der Waals surface area contributed by atoms with E-state index in [1.54, 1.807) is 0 Å². The fraction of sp³-hybridized carbons (Fsp3) is 0.182. The van der Waals surface area contributed by atoms with E-state index in [0.29, 0.717) is 0 Å². The molecule has 1 heterocycles. The lowest BCUT2D eigenvalue weighted by Gasteiger charge is -2.17. The van der Waals surface area contributed by atoms with Crippen molar-refractivity contribution in [2.75, 3.05) is 5.32 Å². The maximum absolute atomic E-state index is 5.98. The molecule has 5 rings (SSSR count). The molecule has 0 saturated carbocycles. The van der Waals surface area contributed by atoms with Gasteiger partial charge in [-0.25, -0.2) is 0 Å². The van der Waals surface area contributed by atoms with Crippen molar-refractivity contribution in [3.63, 3.8) is 0 Å². The summed E-state index contributed by atoms with van der Waals surface area (Å²) in [5.41, 5.74) is 7.11. The molecule has 0 amide bonds. The Balaban J connectivity index is 1.51. The first-order valence-electron chi connectivity index (χ1n) is 8.67. The maximum atomic E-state index is 5.98. The number of hydrogen-bond donors (Lipinski definition) is 1. The number of anilines is 2. The molecule has 0 aliphatic heterocycles. The zero-order chi connectivity index (χ0) is 15.9. The van der Waals surface area contributed by atoms with E-state index in [0.717, 1.165) is 22.5 Å². The monoisotopic (exact) mass is 313 g/mol. The third-order valence-electron chi connectivity index (χ3n) is 5.02. The van der Waals surface area contributed by atoms with Gasteiger partial charge in [0.15, 0.2) is 0 Å². The zero-order valence-corrected chi connectivity index (χ0v) is 13.5. The predicted molar refractivity (Wildman–Crippen MR) is 100 cm³/mol. The summed E-state index contributed by atoms with van der Waals surface area (Å²) in [7, 11) is 0. The second kappa shape index (κ2) is 5.41. The molecule has 3 aromatic carbocycles. The fourth-order valence-corrected chi connectivity index (χ4v) is 3.78. The van der Waals surface area contributed by atoms with Gasteiger partial charge < -0.3 is 9.73 Å². The molecule has 1 aromatic heterocycles. The van der Waals surface area contributed by atoms with Crippen molar-refractivity contribution in [2.24, 2.45) is 0 Å². The summed E-state index contributed by atoms with van der Waals surface area (Å²) in [6.45, 7) is 0. The van der Waals surface area contributed by atoms with Crippen LogP contribution >= 0.6 is 0 Å². The number of aryl methyl sites for hydroxylation is 2. The molecule has 1 aliphatic carbocycles. The number of para-hydroxylation sites is 1. The van der Waals surface area contributed by atoms with Crippen LogP contribution in [-0.2, 0) is 12.8 Å². The van der Waals surface area contributed by atoms with Gasteiger partial charge in [0.25, 0.3) is 0 Å². The molecule has 2 heteroatoms. The summed E-state index contributed by atoms with van der Waals surface area (Å²) in [4.78, 5) is 0. The highest BCUT2D eigenvalue weighted by Gasteiger charge is 2.10. The first-order chi connectivity index (χ1) is 11.9. The van der Waals surface area contributed by atoms with Crippen LogP contribution in [0.5, 0.6) is 0 Å². The molecular formula is C22H19NO. The van der Waals surface area contributed by atoms with Gasteiger partial charge in [-0.3, -0.25) is 0 Å². The number of rotatable bonds is 2. The number of fused-ring (bicyclic) bond motifs is 4. The molecule has 24 heavy (non-hydrogen) atoms. The molecule has 118 valence electrons. The van der Waals surface area contributed by atoms with Crippen LogP contribution in [0, 0.1) is 0 Å². The number of nitrogens with one attached hydrogen (secondary N) is 1. The van der Waals surface area contributed by atoms with Crippen LogP contribution in [0.25, 0.3) is 21.9 Å². The van der Waals surface area contributed by atoms with Gasteiger partial charge in [0.2, 0.25) is 0 Å². The van der Waals surface area contributed by atoms with E-state index in [1.165, 1.54) is 47.6 Å². The Kier molecular flexibility index (Phi) is 3.08. The molecule has 2 nitrogen and oxygen atoms in total. The first-order valence-corrected chi connectivity index (χ1v) is 8.67. The Bertz CT molecular complexity index is 1040. The van der Waals surface area contributed by atoms with Crippen molar-refractivity contribution in [1.29, 1.82) is 0 Å². The Labute approximate surface area is 141 Å². The molecule has 0 spiro atoms. The molecular weight excluding hydrogens is 294 g/mol. The van der Waals surface area contributed by atoms with Gasteiger partial charge in [-0.2, -0.15) is 0 Å². The first kappa shape index (κ1) is 13.7. The molecule has 0 unspecified atom stereocenters. The Morgan fingerprint density at radius 3 is 2.38 bits per heavy atom. The van der Waals surface area contributed by atoms with Gasteiger partial charge in [-0.1, -0.05) is 24.3 Å². The van der Waals surface area contributed by atoms with Crippen LogP contribution in [0.15, 0.2) is 65.1 Å². The van der Waals surface area contributed by atoms with Crippen LogP contribution < -0.4 is 5.32 Å². The standard InChI is InChI=1S/C22H19NO/c1-2-6-16-13-17(10-9-15(16)5-1)23-18-11-12-20-19-7-3-4-8-21(19)24-22(20)14-18/h3-4,7-14,23H,1-2,5-6H2. The highest BCUT2D eigenvalue weighted by molar-refractivity contribution is 6.05. The lowest BCUT2D eigenvalue weighted by Crippen LogP contribution is -2.03. The summed E-state index contributed by atoms with van der Waals surface area (Å²) in [6, 6.07) is 21.3. The van der Waals surface area contributed by atoms with Crippen molar-refractivity contribution in [3.8, 4) is 0 Å². The Morgan fingerprint density at radius 1 is 0.667 bits per heavy atom. The molecule has 1 N–H and O–H groups in total. The smallest absolute Gasteiger partial charge is 0.137 e. The van der Waals surface area contributed by atoms with E-state index in [2.05, 4.69) is 53.8 Å². The normalized spacial score (nSPS) is 14.0. The highest BCUT2D eigenvalue weighted by Crippen LogP contribution is 2.32. The minimum absolute atomic E-state index is 0.930. The second-order valence-corrected chi connectivity index (χ2v) is 6.62. The summed E-state index contributed by atoms with van der Waals surface area (Å²) in [5.74, 6) is 0. The van der Waals surface area contributed by atoms with Crippen LogP contribution in [0.3, 0.4) is 0 Å². The average Bonchev–Trinajstić information content (AvgIpc) is 2.99. The van der Waals surface area contributed by atoms with E-state index in [-0.39, 0.29) is 0 Å². The van der Waals surface area contributed by atoms with Crippen molar-refractivity contribution >= 4 is 33.3 Å². The summed E-state index contributed by atoms with van der Waals surface area (Å²) in [5, 5.41) is 5.87. The number of hydrogen-bond acceptors (Lipinski definition) is 2. The van der Waals surface area contributed by atoms with Crippen molar-refractivity contribution < 1.29 is 4.42 Å². The largest absolute Gasteiger partial charge is 0.456 e. The van der Waals surface area contributed by atoms with E-state index >= 15 is 0 Å². The van der Waals surface area contributed by atoms with Crippen molar-refractivity contribution in [2.45, 2.75) is 25.7 Å². The predicted octanol–water partition coefficient (Wildman–Crippen LogP) is 6.21. The van der Waals surface area contributed by atoms with Crippen molar-refractivity contribution in [3.05, 3.63) is 71.8 Å². The molecule has 4 aromatic rings. The van der Waals surface area contributed by atoms with Gasteiger partial charge in [0.1, 0.15) is 11.2 Å². The van der Waals surface area contributed by atoms with Gasteiger partial charge in [-0.05, 0) is 67.1 Å². The fourth-order valence-electron chi connectivity index (χ4n) is 3.78. The Hall–Kier alpha value is -2.74. The van der Waals surface area contributed by atoms with E-state index in [1.807, 2.05) is 12.1 Å². The number of benzene rings is 3. The average molecular weight is 313 g/mol. The summed E-state index contributed by atoms with van der Waals surface area (Å²) < 4.78 is 5.98. The SMILES string of the molecule is c1ccc2c(c1)oc1cc(Nc3ccc4c(c3)CCCC4)ccc12. The van der Waals surface area contributed by atoms with Crippen LogP contribution in [-0.4, -0.2) is 0 Å². The number of furan rings is 1. The molecule has 1 aliphatic rings. The third-order valence-corrected chi connectivity index (χ3v) is 5.02. The van der Waals surface area contributed by atoms with E-state index in [9.17, 15) is 0 Å². The van der Waals surface area contributed by atoms with Gasteiger partial charge in [0.05, 0.1) is 0 Å². The summed E-state index contributed by atoms with van der Waals surface area (Å²) in [6.07, 6.45) is 5.05. The van der Waals surface area contributed by atoms with E-state index in [4.69, 9.17) is 4.42 Å². The topological polar surface area (TPSA) is 25.2 Å². The van der Waals surface area contributed by atoms with E-state index < -0.39 is 0 Å². The quantitative estimate of drug-likeness (QED) is 0.476. The van der Waals surface area contributed by atoms with Crippen molar-refractivity contribution in [1.82, 2.24) is 0 Å². The summed E-state index contributed by atoms with van der Waals surface area (Å²) >= 11 is 0. The van der Waals surface area contributed by atoms with Crippen LogP contribution in [0.2, 0.25) is 0 Å². The minimum atomic E-state index is 0.930. The molecule has 0 saturated heterocycles. The second-order valence-electron chi connectivity index (χ2n) is 6.62. The highest BCUT2D eigenvalue weighted by atomic mass is 16.3. The molecule has 0 bridgehead atoms. The van der Waals surface area contributed by atoms with Gasteiger partial charge >= 0.3 is 0 Å².